The highest BCUT2D eigenvalue weighted by atomic mass is 32.2. The molecule has 0 saturated heterocycles. The predicted octanol–water partition coefficient (Wildman–Crippen LogP) is -0.940. The second-order valence-corrected chi connectivity index (χ2v) is 8.26. The lowest BCUT2D eigenvalue weighted by Crippen LogP contribution is -2.45. The van der Waals surface area contributed by atoms with E-state index in [4.69, 9.17) is 5.11 Å². The molecule has 0 bridgehead atoms. The zero-order valence-corrected chi connectivity index (χ0v) is 11.5. The fourth-order valence-electron chi connectivity index (χ4n) is 0.985. The third-order valence-electron chi connectivity index (χ3n) is 1.96. The number of carbonyl (C=O) groups is 1. The summed E-state index contributed by atoms with van der Waals surface area (Å²) >= 11 is 0. The van der Waals surface area contributed by atoms with Crippen molar-refractivity contribution in [3.63, 3.8) is 0 Å². The first-order valence-electron chi connectivity index (χ1n) is 4.85. The van der Waals surface area contributed by atoms with Gasteiger partial charge in [-0.1, -0.05) is 13.8 Å². The van der Waals surface area contributed by atoms with Crippen LogP contribution in [-0.2, 0) is 24.7 Å². The standard InChI is InChI=1S/C8H17NO6S2/c1-6(2)7(8(10)11)9-17(14,15)5-4-16(3,12)13/h6-7,9H,4-5H2,1-3H3,(H,10,11)/t7-/m1/s1. The van der Waals surface area contributed by atoms with Gasteiger partial charge >= 0.3 is 5.97 Å². The van der Waals surface area contributed by atoms with Gasteiger partial charge in [-0.25, -0.2) is 21.6 Å². The summed E-state index contributed by atoms with van der Waals surface area (Å²) in [6.07, 6.45) is 0.916. The van der Waals surface area contributed by atoms with Gasteiger partial charge in [-0.15, -0.1) is 0 Å². The number of rotatable bonds is 7. The Bertz CT molecular complexity index is 464. The minimum atomic E-state index is -3.91. The number of nitrogens with one attached hydrogen (secondary N) is 1. The van der Waals surface area contributed by atoms with Crippen LogP contribution in [-0.4, -0.2) is 51.7 Å². The minimum Gasteiger partial charge on any atom is -0.480 e. The van der Waals surface area contributed by atoms with Gasteiger partial charge in [-0.3, -0.25) is 4.79 Å². The highest BCUT2D eigenvalue weighted by molar-refractivity contribution is 7.93. The minimum absolute atomic E-state index is 0.430. The Hall–Kier alpha value is -0.670. The lowest BCUT2D eigenvalue weighted by molar-refractivity contribution is -0.140. The van der Waals surface area contributed by atoms with Crippen LogP contribution in [0, 0.1) is 5.92 Å². The first-order chi connectivity index (χ1) is 7.44. The average Bonchev–Trinajstić information content (AvgIpc) is 2.09. The zero-order chi connectivity index (χ0) is 13.9. The summed E-state index contributed by atoms with van der Waals surface area (Å²) in [6, 6.07) is -1.25. The lowest BCUT2D eigenvalue weighted by atomic mass is 10.1. The second kappa shape index (κ2) is 5.78. The molecular weight excluding hydrogens is 270 g/mol. The molecule has 0 aliphatic carbocycles. The highest BCUT2D eigenvalue weighted by Gasteiger charge is 2.27. The summed E-state index contributed by atoms with van der Waals surface area (Å²) in [5, 5.41) is 8.79. The maximum Gasteiger partial charge on any atom is 0.321 e. The third kappa shape index (κ3) is 7.29. The zero-order valence-electron chi connectivity index (χ0n) is 9.87. The van der Waals surface area contributed by atoms with Gasteiger partial charge in [0, 0.05) is 6.26 Å². The van der Waals surface area contributed by atoms with Crippen LogP contribution in [0.15, 0.2) is 0 Å². The number of carboxylic acids is 1. The van der Waals surface area contributed by atoms with Gasteiger partial charge in [-0.05, 0) is 5.92 Å². The van der Waals surface area contributed by atoms with Crippen LogP contribution in [0.1, 0.15) is 13.8 Å². The Morgan fingerprint density at radius 2 is 1.65 bits per heavy atom. The van der Waals surface area contributed by atoms with Gasteiger partial charge in [-0.2, -0.15) is 0 Å². The molecule has 0 spiro atoms. The maximum atomic E-state index is 11.5. The molecule has 0 radical (unpaired) electrons. The van der Waals surface area contributed by atoms with Gasteiger partial charge in [0.1, 0.15) is 15.9 Å². The van der Waals surface area contributed by atoms with Crippen molar-refractivity contribution in [1.82, 2.24) is 4.72 Å². The molecule has 0 rings (SSSR count). The van der Waals surface area contributed by atoms with Crippen molar-refractivity contribution in [2.45, 2.75) is 19.9 Å². The molecule has 9 heteroatoms. The largest absolute Gasteiger partial charge is 0.480 e. The van der Waals surface area contributed by atoms with Crippen LogP contribution >= 0.6 is 0 Å². The Kier molecular flexibility index (Phi) is 5.56. The predicted molar refractivity (Wildman–Crippen MR) is 62.9 cm³/mol. The number of aliphatic carboxylic acids is 1. The van der Waals surface area contributed by atoms with Crippen LogP contribution in [0.4, 0.5) is 0 Å². The Balaban J connectivity index is 4.69. The van der Waals surface area contributed by atoms with Crippen LogP contribution < -0.4 is 4.72 Å². The summed E-state index contributed by atoms with van der Waals surface area (Å²) in [4.78, 5) is 10.8. The van der Waals surface area contributed by atoms with E-state index in [0.717, 1.165) is 6.26 Å². The Morgan fingerprint density at radius 1 is 1.18 bits per heavy atom. The van der Waals surface area contributed by atoms with Crippen LogP contribution in [0.5, 0.6) is 0 Å². The molecule has 0 aromatic rings. The molecule has 1 atom stereocenters. The quantitative estimate of drug-likeness (QED) is 0.624. The first-order valence-corrected chi connectivity index (χ1v) is 8.56. The normalized spacial score (nSPS) is 14.8. The van der Waals surface area contributed by atoms with Crippen LogP contribution in [0.2, 0.25) is 0 Å². The van der Waals surface area contributed by atoms with E-state index in [0.29, 0.717) is 0 Å². The van der Waals surface area contributed by atoms with E-state index in [1.807, 2.05) is 4.72 Å². The summed E-state index contributed by atoms with van der Waals surface area (Å²) in [6.45, 7) is 3.11. The molecular formula is C8H17NO6S2. The van der Waals surface area contributed by atoms with Gasteiger partial charge in [0.2, 0.25) is 10.0 Å². The van der Waals surface area contributed by atoms with E-state index in [1.54, 1.807) is 13.8 Å². The molecule has 0 fully saturated rings. The number of sulfonamides is 1. The van der Waals surface area contributed by atoms with Gasteiger partial charge in [0.05, 0.1) is 11.5 Å². The Morgan fingerprint density at radius 3 is 1.94 bits per heavy atom. The molecule has 0 amide bonds. The molecule has 0 aromatic carbocycles. The maximum absolute atomic E-state index is 11.5. The molecule has 0 heterocycles. The van der Waals surface area contributed by atoms with Crippen molar-refractivity contribution >= 4 is 25.8 Å². The molecule has 0 saturated carbocycles. The number of sulfone groups is 1. The van der Waals surface area contributed by atoms with E-state index >= 15 is 0 Å². The van der Waals surface area contributed by atoms with Crippen LogP contribution in [0.25, 0.3) is 0 Å². The van der Waals surface area contributed by atoms with E-state index in [-0.39, 0.29) is 0 Å². The van der Waals surface area contributed by atoms with Crippen molar-refractivity contribution < 1.29 is 26.7 Å². The van der Waals surface area contributed by atoms with Crippen molar-refractivity contribution in [3.8, 4) is 0 Å². The lowest BCUT2D eigenvalue weighted by Gasteiger charge is -2.17. The fourth-order valence-corrected chi connectivity index (χ4v) is 3.95. The van der Waals surface area contributed by atoms with E-state index in [9.17, 15) is 21.6 Å². The number of hydrogen-bond acceptors (Lipinski definition) is 5. The molecule has 2 N–H and O–H groups in total. The molecule has 17 heavy (non-hydrogen) atoms. The van der Waals surface area contributed by atoms with Crippen molar-refractivity contribution in [2.24, 2.45) is 5.92 Å². The number of hydrogen-bond donors (Lipinski definition) is 2. The van der Waals surface area contributed by atoms with Crippen molar-refractivity contribution in [3.05, 3.63) is 0 Å². The molecule has 0 unspecified atom stereocenters. The second-order valence-electron chi connectivity index (χ2n) is 4.13. The van der Waals surface area contributed by atoms with E-state index in [1.165, 1.54) is 0 Å². The molecule has 102 valence electrons. The van der Waals surface area contributed by atoms with E-state index < -0.39 is 49.3 Å². The monoisotopic (exact) mass is 287 g/mol. The molecule has 7 nitrogen and oxygen atoms in total. The van der Waals surface area contributed by atoms with Crippen LogP contribution in [0.3, 0.4) is 0 Å². The van der Waals surface area contributed by atoms with Crippen molar-refractivity contribution in [2.75, 3.05) is 17.8 Å². The summed E-state index contributed by atoms with van der Waals surface area (Å²) in [5.74, 6) is -2.89. The summed E-state index contributed by atoms with van der Waals surface area (Å²) < 4.78 is 46.5. The molecule has 0 aliphatic heterocycles. The summed E-state index contributed by atoms with van der Waals surface area (Å²) in [5.41, 5.74) is 0. The SMILES string of the molecule is CC(C)[C@@H](NS(=O)(=O)CCS(C)(=O)=O)C(=O)O. The fraction of sp³-hybridized carbons (Fsp3) is 0.875. The molecule has 0 aromatic heterocycles. The summed E-state index contributed by atoms with van der Waals surface area (Å²) in [7, 11) is -7.31. The van der Waals surface area contributed by atoms with Crippen molar-refractivity contribution in [1.29, 1.82) is 0 Å². The Labute approximate surface area is 101 Å². The van der Waals surface area contributed by atoms with Gasteiger partial charge < -0.3 is 5.11 Å². The third-order valence-corrected chi connectivity index (χ3v) is 4.52. The average molecular weight is 287 g/mol. The topological polar surface area (TPSA) is 118 Å². The highest BCUT2D eigenvalue weighted by Crippen LogP contribution is 2.04. The molecule has 0 aliphatic rings. The smallest absolute Gasteiger partial charge is 0.321 e. The number of carboxylic acid groups (broad SMARTS) is 1. The van der Waals surface area contributed by atoms with Gasteiger partial charge in [0.25, 0.3) is 0 Å². The van der Waals surface area contributed by atoms with Gasteiger partial charge in [0.15, 0.2) is 0 Å². The first kappa shape index (κ1) is 16.3. The van der Waals surface area contributed by atoms with E-state index in [2.05, 4.69) is 0 Å².